The van der Waals surface area contributed by atoms with Crippen LogP contribution in [0.1, 0.15) is 48.9 Å². The first-order chi connectivity index (χ1) is 13.3. The third kappa shape index (κ3) is 6.43. The maximum Gasteiger partial charge on any atom is 0.193 e. The van der Waals surface area contributed by atoms with Crippen LogP contribution in [0.2, 0.25) is 0 Å². The Morgan fingerprint density at radius 1 is 1.37 bits per heavy atom. The standard InChI is InChI=1S/C20H34N4O2S/c1-3-18-14-23-19(27-18)7-10-22-20(21-2)24-11-8-16(9-12-24)26-15-17-6-4-5-13-25-17/h14,16-17H,3-13,15H2,1-2H3,(H,21,22). The van der Waals surface area contributed by atoms with Crippen LogP contribution in [-0.2, 0) is 22.3 Å². The molecule has 1 aromatic rings. The van der Waals surface area contributed by atoms with E-state index in [4.69, 9.17) is 9.47 Å². The SMILES string of the molecule is CCc1cnc(CCNC(=NC)N2CCC(OCC3CCCCO3)CC2)s1. The number of piperidine rings is 1. The van der Waals surface area contributed by atoms with Gasteiger partial charge in [-0.1, -0.05) is 6.92 Å². The molecular weight excluding hydrogens is 360 g/mol. The van der Waals surface area contributed by atoms with Crippen molar-refractivity contribution in [3.8, 4) is 0 Å². The molecule has 6 nitrogen and oxygen atoms in total. The predicted octanol–water partition coefficient (Wildman–Crippen LogP) is 2.87. The molecule has 0 bridgehead atoms. The summed E-state index contributed by atoms with van der Waals surface area (Å²) in [7, 11) is 1.86. The zero-order chi connectivity index (χ0) is 18.9. The van der Waals surface area contributed by atoms with Crippen molar-refractivity contribution in [1.82, 2.24) is 15.2 Å². The van der Waals surface area contributed by atoms with Gasteiger partial charge in [-0.3, -0.25) is 4.99 Å². The molecular formula is C20H34N4O2S. The van der Waals surface area contributed by atoms with E-state index in [9.17, 15) is 0 Å². The number of nitrogens with zero attached hydrogens (tertiary/aromatic N) is 3. The molecule has 0 aliphatic carbocycles. The van der Waals surface area contributed by atoms with Gasteiger partial charge in [0.1, 0.15) is 0 Å². The highest BCUT2D eigenvalue weighted by molar-refractivity contribution is 7.11. The zero-order valence-corrected chi connectivity index (χ0v) is 17.6. The lowest BCUT2D eigenvalue weighted by molar-refractivity contribution is -0.0721. The van der Waals surface area contributed by atoms with E-state index < -0.39 is 0 Å². The number of aromatic nitrogens is 1. The molecule has 0 spiro atoms. The summed E-state index contributed by atoms with van der Waals surface area (Å²) in [4.78, 5) is 12.7. The summed E-state index contributed by atoms with van der Waals surface area (Å²) in [6, 6.07) is 0. The van der Waals surface area contributed by atoms with Crippen molar-refractivity contribution in [1.29, 1.82) is 0 Å². The highest BCUT2D eigenvalue weighted by atomic mass is 32.1. The second kappa shape index (κ2) is 11.0. The van der Waals surface area contributed by atoms with Crippen molar-refractivity contribution >= 4 is 17.3 Å². The van der Waals surface area contributed by atoms with Crippen LogP contribution in [0.15, 0.2) is 11.2 Å². The van der Waals surface area contributed by atoms with E-state index >= 15 is 0 Å². The lowest BCUT2D eigenvalue weighted by Gasteiger charge is -2.35. The third-order valence-electron chi connectivity index (χ3n) is 5.32. The molecule has 7 heteroatoms. The van der Waals surface area contributed by atoms with Gasteiger partial charge in [-0.05, 0) is 38.5 Å². The summed E-state index contributed by atoms with van der Waals surface area (Å²) in [5, 5.41) is 4.70. The molecule has 0 aromatic carbocycles. The van der Waals surface area contributed by atoms with E-state index in [0.717, 1.165) is 70.9 Å². The Balaban J connectivity index is 1.34. The van der Waals surface area contributed by atoms with Crippen LogP contribution >= 0.6 is 11.3 Å². The fourth-order valence-corrected chi connectivity index (χ4v) is 4.52. The van der Waals surface area contributed by atoms with Crippen LogP contribution in [0.3, 0.4) is 0 Å². The van der Waals surface area contributed by atoms with E-state index in [1.807, 2.05) is 24.6 Å². The number of nitrogens with one attached hydrogen (secondary N) is 1. The van der Waals surface area contributed by atoms with Gasteiger partial charge >= 0.3 is 0 Å². The smallest absolute Gasteiger partial charge is 0.193 e. The Morgan fingerprint density at radius 2 is 2.22 bits per heavy atom. The molecule has 1 unspecified atom stereocenters. The van der Waals surface area contributed by atoms with Gasteiger partial charge in [0, 0.05) is 50.8 Å². The molecule has 152 valence electrons. The average molecular weight is 395 g/mol. The molecule has 1 aromatic heterocycles. The quantitative estimate of drug-likeness (QED) is 0.569. The van der Waals surface area contributed by atoms with E-state index in [0.29, 0.717) is 12.2 Å². The lowest BCUT2D eigenvalue weighted by atomic mass is 10.1. The van der Waals surface area contributed by atoms with Crippen molar-refractivity contribution in [2.75, 3.05) is 39.9 Å². The minimum Gasteiger partial charge on any atom is -0.376 e. The number of hydrogen-bond donors (Lipinski definition) is 1. The summed E-state index contributed by atoms with van der Waals surface area (Å²) in [5.41, 5.74) is 0. The Kier molecular flexibility index (Phi) is 8.35. The van der Waals surface area contributed by atoms with Gasteiger partial charge in [-0.2, -0.15) is 0 Å². The Hall–Kier alpha value is -1.18. The fourth-order valence-electron chi connectivity index (χ4n) is 3.66. The molecule has 1 atom stereocenters. The first-order valence-electron chi connectivity index (χ1n) is 10.4. The van der Waals surface area contributed by atoms with Crippen LogP contribution in [0.5, 0.6) is 0 Å². The molecule has 2 aliphatic rings. The first kappa shape index (κ1) is 20.6. The fraction of sp³-hybridized carbons (Fsp3) is 0.800. The summed E-state index contributed by atoms with van der Waals surface area (Å²) in [6.45, 7) is 6.69. The number of ether oxygens (including phenoxy) is 2. The van der Waals surface area contributed by atoms with Crippen molar-refractivity contribution in [2.45, 2.75) is 64.1 Å². The van der Waals surface area contributed by atoms with Crippen LogP contribution in [0.4, 0.5) is 0 Å². The van der Waals surface area contributed by atoms with Crippen molar-refractivity contribution < 1.29 is 9.47 Å². The molecule has 1 N–H and O–H groups in total. The Bertz CT molecular complexity index is 578. The topological polar surface area (TPSA) is 59.0 Å². The number of aryl methyl sites for hydroxylation is 1. The van der Waals surface area contributed by atoms with Gasteiger partial charge < -0.3 is 19.7 Å². The molecule has 2 aliphatic heterocycles. The number of rotatable bonds is 7. The number of likely N-dealkylation sites (tertiary alicyclic amines) is 1. The molecule has 3 rings (SSSR count). The van der Waals surface area contributed by atoms with Gasteiger partial charge in [0.15, 0.2) is 5.96 Å². The van der Waals surface area contributed by atoms with Gasteiger partial charge in [-0.15, -0.1) is 11.3 Å². The van der Waals surface area contributed by atoms with Crippen LogP contribution < -0.4 is 5.32 Å². The van der Waals surface area contributed by atoms with Crippen LogP contribution in [-0.4, -0.2) is 67.9 Å². The maximum atomic E-state index is 6.12. The van der Waals surface area contributed by atoms with Gasteiger partial charge in [0.05, 0.1) is 23.8 Å². The summed E-state index contributed by atoms with van der Waals surface area (Å²) >= 11 is 1.81. The zero-order valence-electron chi connectivity index (χ0n) is 16.8. The molecule has 0 amide bonds. The van der Waals surface area contributed by atoms with Gasteiger partial charge in [0.25, 0.3) is 0 Å². The minimum absolute atomic E-state index is 0.310. The van der Waals surface area contributed by atoms with E-state index in [2.05, 4.69) is 27.1 Å². The van der Waals surface area contributed by atoms with Crippen LogP contribution in [0.25, 0.3) is 0 Å². The molecule has 0 saturated carbocycles. The van der Waals surface area contributed by atoms with Crippen molar-refractivity contribution in [2.24, 2.45) is 4.99 Å². The van der Waals surface area contributed by atoms with Gasteiger partial charge in [-0.25, -0.2) is 4.98 Å². The maximum absolute atomic E-state index is 6.12. The number of guanidine groups is 1. The molecule has 0 radical (unpaired) electrons. The van der Waals surface area contributed by atoms with E-state index in [1.165, 1.54) is 22.7 Å². The predicted molar refractivity (Wildman–Crippen MR) is 111 cm³/mol. The highest BCUT2D eigenvalue weighted by Gasteiger charge is 2.23. The largest absolute Gasteiger partial charge is 0.376 e. The first-order valence-corrected chi connectivity index (χ1v) is 11.2. The van der Waals surface area contributed by atoms with E-state index in [1.54, 1.807) is 0 Å². The minimum atomic E-state index is 0.310. The lowest BCUT2D eigenvalue weighted by Crippen LogP contribution is -2.47. The normalized spacial score (nSPS) is 22.2. The summed E-state index contributed by atoms with van der Waals surface area (Å²) in [6.07, 6.45) is 10.4. The number of hydrogen-bond acceptors (Lipinski definition) is 5. The average Bonchev–Trinajstić information content (AvgIpc) is 3.19. The Morgan fingerprint density at radius 3 is 2.89 bits per heavy atom. The Labute approximate surface area is 167 Å². The molecule has 2 saturated heterocycles. The summed E-state index contributed by atoms with van der Waals surface area (Å²) < 4.78 is 11.9. The van der Waals surface area contributed by atoms with Gasteiger partial charge in [0.2, 0.25) is 0 Å². The molecule has 3 heterocycles. The second-order valence-electron chi connectivity index (χ2n) is 7.31. The molecule has 2 fully saturated rings. The highest BCUT2D eigenvalue weighted by Crippen LogP contribution is 2.18. The molecule has 27 heavy (non-hydrogen) atoms. The monoisotopic (exact) mass is 394 g/mol. The number of aliphatic imine (C=N–C) groups is 1. The van der Waals surface area contributed by atoms with Crippen molar-refractivity contribution in [3.05, 3.63) is 16.1 Å². The van der Waals surface area contributed by atoms with E-state index in [-0.39, 0.29) is 0 Å². The van der Waals surface area contributed by atoms with Crippen LogP contribution in [0, 0.1) is 0 Å². The third-order valence-corrected chi connectivity index (χ3v) is 6.52. The van der Waals surface area contributed by atoms with Crippen molar-refractivity contribution in [3.63, 3.8) is 0 Å². The second-order valence-corrected chi connectivity index (χ2v) is 8.51. The summed E-state index contributed by atoms with van der Waals surface area (Å²) in [5.74, 6) is 0.997. The number of thiazole rings is 1.